The van der Waals surface area contributed by atoms with Crippen LogP contribution in [0.4, 0.5) is 5.69 Å². The predicted octanol–water partition coefficient (Wildman–Crippen LogP) is 2.89. The molecule has 106 valence electrons. The van der Waals surface area contributed by atoms with Crippen LogP contribution >= 0.6 is 0 Å². The molecular formula is C16H20N2O2. The summed E-state index contributed by atoms with van der Waals surface area (Å²) in [5.41, 5.74) is 3.88. The van der Waals surface area contributed by atoms with Crippen LogP contribution in [0.25, 0.3) is 0 Å². The van der Waals surface area contributed by atoms with Gasteiger partial charge in [0.05, 0.1) is 13.2 Å². The van der Waals surface area contributed by atoms with Gasteiger partial charge in [-0.25, -0.2) is 0 Å². The summed E-state index contributed by atoms with van der Waals surface area (Å²) in [4.78, 5) is 4.26. The third-order valence-corrected chi connectivity index (χ3v) is 3.00. The molecule has 0 atom stereocenters. The summed E-state index contributed by atoms with van der Waals surface area (Å²) in [5, 5.41) is 12.7. The van der Waals surface area contributed by atoms with Gasteiger partial charge in [-0.2, -0.15) is 0 Å². The lowest BCUT2D eigenvalue weighted by Crippen LogP contribution is -2.02. The van der Waals surface area contributed by atoms with Crippen LogP contribution in [0.1, 0.15) is 23.7 Å². The molecule has 0 aliphatic rings. The summed E-state index contributed by atoms with van der Waals surface area (Å²) in [7, 11) is 0. The zero-order chi connectivity index (χ0) is 14.4. The molecule has 2 rings (SSSR count). The minimum Gasteiger partial charge on any atom is -0.494 e. The monoisotopic (exact) mass is 272 g/mol. The van der Waals surface area contributed by atoms with Crippen molar-refractivity contribution in [1.82, 2.24) is 4.98 Å². The van der Waals surface area contributed by atoms with Crippen molar-refractivity contribution in [3.8, 4) is 5.75 Å². The van der Waals surface area contributed by atoms with E-state index >= 15 is 0 Å². The fraction of sp³-hybridized carbons (Fsp3) is 0.312. The molecule has 20 heavy (non-hydrogen) atoms. The van der Waals surface area contributed by atoms with Crippen molar-refractivity contribution in [3.63, 3.8) is 0 Å². The van der Waals surface area contributed by atoms with Gasteiger partial charge in [0.25, 0.3) is 0 Å². The van der Waals surface area contributed by atoms with Gasteiger partial charge >= 0.3 is 0 Å². The Labute approximate surface area is 119 Å². The van der Waals surface area contributed by atoms with E-state index in [1.807, 2.05) is 44.3 Å². The average molecular weight is 272 g/mol. The van der Waals surface area contributed by atoms with Crippen LogP contribution in [0, 0.1) is 6.92 Å². The van der Waals surface area contributed by atoms with Crippen molar-refractivity contribution >= 4 is 5.69 Å². The fourth-order valence-electron chi connectivity index (χ4n) is 1.92. The second-order valence-corrected chi connectivity index (χ2v) is 4.58. The molecule has 4 heteroatoms. The van der Waals surface area contributed by atoms with Gasteiger partial charge in [-0.15, -0.1) is 0 Å². The molecule has 0 spiro atoms. The number of hydrogen-bond acceptors (Lipinski definition) is 4. The van der Waals surface area contributed by atoms with Gasteiger partial charge in [0.1, 0.15) is 5.75 Å². The number of anilines is 1. The number of aryl methyl sites for hydroxylation is 1. The molecule has 0 radical (unpaired) electrons. The largest absolute Gasteiger partial charge is 0.494 e. The summed E-state index contributed by atoms with van der Waals surface area (Å²) in [6.07, 6.45) is 1.86. The number of hydrogen-bond donors (Lipinski definition) is 2. The van der Waals surface area contributed by atoms with E-state index in [-0.39, 0.29) is 6.61 Å². The van der Waals surface area contributed by atoms with Gasteiger partial charge in [-0.3, -0.25) is 4.98 Å². The highest BCUT2D eigenvalue weighted by Crippen LogP contribution is 2.23. The highest BCUT2D eigenvalue weighted by Gasteiger charge is 2.04. The lowest BCUT2D eigenvalue weighted by atomic mass is 10.1. The number of benzene rings is 1. The second-order valence-electron chi connectivity index (χ2n) is 4.58. The van der Waals surface area contributed by atoms with Crippen molar-refractivity contribution in [3.05, 3.63) is 53.3 Å². The Hall–Kier alpha value is -2.07. The van der Waals surface area contributed by atoms with Crippen LogP contribution in [0.3, 0.4) is 0 Å². The zero-order valence-corrected chi connectivity index (χ0v) is 11.9. The van der Waals surface area contributed by atoms with Crippen molar-refractivity contribution in [1.29, 1.82) is 0 Å². The number of nitrogens with zero attached hydrogens (tertiary/aromatic N) is 1. The Balaban J connectivity index is 2.04. The first-order valence-corrected chi connectivity index (χ1v) is 6.75. The minimum absolute atomic E-state index is 0.0308. The number of nitrogens with one attached hydrogen (secondary N) is 1. The number of pyridine rings is 1. The van der Waals surface area contributed by atoms with Crippen molar-refractivity contribution < 1.29 is 9.84 Å². The highest BCUT2D eigenvalue weighted by molar-refractivity contribution is 5.51. The average Bonchev–Trinajstić information content (AvgIpc) is 2.48. The molecule has 2 aromatic rings. The van der Waals surface area contributed by atoms with E-state index in [1.165, 1.54) is 0 Å². The Bertz CT molecular complexity index is 553. The third-order valence-electron chi connectivity index (χ3n) is 3.00. The maximum atomic E-state index is 9.37. The van der Waals surface area contributed by atoms with Crippen LogP contribution < -0.4 is 10.1 Å². The standard InChI is InChI=1S/C16H20N2O2/c1-3-20-16-7-6-15(8-14(16)11-19)18-10-13-5-4-12(2)17-9-13/h4-9,18-19H,3,10-11H2,1-2H3. The van der Waals surface area contributed by atoms with Gasteiger partial charge in [0.15, 0.2) is 0 Å². The van der Waals surface area contributed by atoms with Crippen LogP contribution in [0.5, 0.6) is 5.75 Å². The summed E-state index contributed by atoms with van der Waals surface area (Å²) in [6, 6.07) is 9.79. The van der Waals surface area contributed by atoms with Crippen molar-refractivity contribution in [2.24, 2.45) is 0 Å². The molecule has 0 aliphatic carbocycles. The first kappa shape index (κ1) is 14.3. The molecular weight excluding hydrogens is 252 g/mol. The Kier molecular flexibility index (Phi) is 4.96. The lowest BCUT2D eigenvalue weighted by molar-refractivity contribution is 0.267. The number of ether oxygens (including phenoxy) is 1. The van der Waals surface area contributed by atoms with Crippen molar-refractivity contribution in [2.75, 3.05) is 11.9 Å². The molecule has 1 aromatic carbocycles. The van der Waals surface area contributed by atoms with Crippen LogP contribution in [0.2, 0.25) is 0 Å². The fourth-order valence-corrected chi connectivity index (χ4v) is 1.92. The molecule has 0 fully saturated rings. The van der Waals surface area contributed by atoms with Gasteiger partial charge in [-0.1, -0.05) is 6.07 Å². The SMILES string of the molecule is CCOc1ccc(NCc2ccc(C)nc2)cc1CO. The second kappa shape index (κ2) is 6.91. The maximum Gasteiger partial charge on any atom is 0.124 e. The quantitative estimate of drug-likeness (QED) is 0.849. The number of rotatable bonds is 6. The Morgan fingerprint density at radius 2 is 2.10 bits per heavy atom. The van der Waals surface area contributed by atoms with Crippen LogP contribution in [-0.2, 0) is 13.2 Å². The normalized spacial score (nSPS) is 10.3. The number of aliphatic hydroxyl groups excluding tert-OH is 1. The predicted molar refractivity (Wildman–Crippen MR) is 79.8 cm³/mol. The van der Waals surface area contributed by atoms with Crippen molar-refractivity contribution in [2.45, 2.75) is 27.0 Å². The van der Waals surface area contributed by atoms with Crippen LogP contribution in [0.15, 0.2) is 36.5 Å². The smallest absolute Gasteiger partial charge is 0.124 e. The molecule has 0 aliphatic heterocycles. The molecule has 0 bridgehead atoms. The van der Waals surface area contributed by atoms with Gasteiger partial charge in [-0.05, 0) is 43.7 Å². The number of aromatic nitrogens is 1. The molecule has 0 saturated heterocycles. The topological polar surface area (TPSA) is 54.4 Å². The lowest BCUT2D eigenvalue weighted by Gasteiger charge is -2.12. The summed E-state index contributed by atoms with van der Waals surface area (Å²) in [6.45, 7) is 5.16. The molecule has 4 nitrogen and oxygen atoms in total. The van der Waals surface area contributed by atoms with Gasteiger partial charge < -0.3 is 15.2 Å². The van der Waals surface area contributed by atoms with E-state index < -0.39 is 0 Å². The van der Waals surface area contributed by atoms with Crippen LogP contribution in [-0.4, -0.2) is 16.7 Å². The first-order chi connectivity index (χ1) is 9.72. The molecule has 0 amide bonds. The summed E-state index contributed by atoms with van der Waals surface area (Å²) >= 11 is 0. The van der Waals surface area contributed by atoms with E-state index in [2.05, 4.69) is 16.4 Å². The van der Waals surface area contributed by atoms with E-state index in [0.717, 1.165) is 28.3 Å². The van der Waals surface area contributed by atoms with E-state index in [0.29, 0.717) is 13.2 Å². The molecule has 2 N–H and O–H groups in total. The van der Waals surface area contributed by atoms with E-state index in [9.17, 15) is 5.11 Å². The first-order valence-electron chi connectivity index (χ1n) is 6.75. The third kappa shape index (κ3) is 3.71. The number of aliphatic hydroxyl groups is 1. The van der Waals surface area contributed by atoms with Gasteiger partial charge in [0, 0.05) is 29.7 Å². The Morgan fingerprint density at radius 3 is 2.75 bits per heavy atom. The molecule has 1 heterocycles. The van der Waals surface area contributed by atoms with E-state index in [1.54, 1.807) is 0 Å². The summed E-state index contributed by atoms with van der Waals surface area (Å²) < 4.78 is 5.46. The zero-order valence-electron chi connectivity index (χ0n) is 11.9. The highest BCUT2D eigenvalue weighted by atomic mass is 16.5. The maximum absolute atomic E-state index is 9.37. The summed E-state index contributed by atoms with van der Waals surface area (Å²) in [5.74, 6) is 0.734. The van der Waals surface area contributed by atoms with Gasteiger partial charge in [0.2, 0.25) is 0 Å². The molecule has 0 saturated carbocycles. The minimum atomic E-state index is -0.0308. The Morgan fingerprint density at radius 1 is 1.25 bits per heavy atom. The molecule has 0 unspecified atom stereocenters. The molecule has 1 aromatic heterocycles. The van der Waals surface area contributed by atoms with E-state index in [4.69, 9.17) is 4.74 Å².